The summed E-state index contributed by atoms with van der Waals surface area (Å²) in [4.78, 5) is 60.9. The number of hydrazone groups is 1. The monoisotopic (exact) mass is 701 g/mol. The molecule has 2 saturated heterocycles. The zero-order chi connectivity index (χ0) is 36.0. The highest BCUT2D eigenvalue weighted by Gasteiger charge is 2.69. The van der Waals surface area contributed by atoms with Crippen molar-refractivity contribution in [3.63, 3.8) is 0 Å². The molecule has 8 aliphatic rings. The third-order valence-electron chi connectivity index (χ3n) is 13.5. The Bertz CT molecular complexity index is 2580. The number of hydrogen-bond acceptors (Lipinski definition) is 5. The molecule has 7 heteroatoms. The lowest BCUT2D eigenvalue weighted by molar-refractivity contribution is -0.140. The Balaban J connectivity index is 1.04. The highest BCUT2D eigenvalue weighted by molar-refractivity contribution is 6.27. The molecule has 6 aliphatic carbocycles. The van der Waals surface area contributed by atoms with Gasteiger partial charge in [0.2, 0.25) is 11.8 Å². The topological polar surface area (TPSA) is 87.1 Å². The van der Waals surface area contributed by atoms with Gasteiger partial charge in [-0.2, -0.15) is 10.1 Å². The molecule has 4 bridgehead atoms. The van der Waals surface area contributed by atoms with Crippen molar-refractivity contribution in [2.24, 2.45) is 28.8 Å². The summed E-state index contributed by atoms with van der Waals surface area (Å²) < 4.78 is 0. The second-order valence-electron chi connectivity index (χ2n) is 15.5. The number of benzene rings is 6. The van der Waals surface area contributed by atoms with E-state index in [1.54, 1.807) is 6.21 Å². The number of fused-ring (bicyclic) bond motifs is 1. The van der Waals surface area contributed by atoms with Gasteiger partial charge in [-0.05, 0) is 56.0 Å². The molecular formula is C47H31N3O4. The van der Waals surface area contributed by atoms with Crippen molar-refractivity contribution in [1.29, 1.82) is 0 Å². The quantitative estimate of drug-likeness (QED) is 0.144. The van der Waals surface area contributed by atoms with Gasteiger partial charge in [-0.3, -0.25) is 19.2 Å². The standard InChI is InChI=1S/C47H31N3O4/c51-43-41-38-31-19-7-9-21-33(31)47(34-22-10-8-20-32(34)38,42(41)46(54)49(43)35-23-11-13-25-12-1-2-14-26(25)35)24-48-50-44(52)39-36-27-15-3-4-16-28(27)37(40(39)45(50)53)30-18-6-5-17-29(30)36/h1-24,36-42H/b48-24-/t36?,37?,38?,39-,40+,41-,42-,47?/m1/s1. The molecule has 2 heterocycles. The van der Waals surface area contributed by atoms with E-state index in [0.717, 1.165) is 60.3 Å². The van der Waals surface area contributed by atoms with Crippen molar-refractivity contribution in [3.8, 4) is 0 Å². The zero-order valence-corrected chi connectivity index (χ0v) is 28.9. The number of carbonyl (C=O) groups excluding carboxylic acids is 4. The number of carbonyl (C=O) groups is 4. The molecule has 0 radical (unpaired) electrons. The lowest BCUT2D eigenvalue weighted by atomic mass is 9.47. The van der Waals surface area contributed by atoms with E-state index in [2.05, 4.69) is 24.3 Å². The van der Waals surface area contributed by atoms with Crippen LogP contribution in [0.2, 0.25) is 0 Å². The summed E-state index contributed by atoms with van der Waals surface area (Å²) >= 11 is 0. The Morgan fingerprint density at radius 2 is 0.926 bits per heavy atom. The van der Waals surface area contributed by atoms with E-state index in [1.165, 1.54) is 4.90 Å². The van der Waals surface area contributed by atoms with Crippen molar-refractivity contribution >= 4 is 46.3 Å². The summed E-state index contributed by atoms with van der Waals surface area (Å²) in [6.07, 6.45) is 1.67. The fraction of sp³-hybridized carbons (Fsp3) is 0.170. The maximum atomic E-state index is 15.2. The Hall–Kier alpha value is -6.47. The van der Waals surface area contributed by atoms with Crippen LogP contribution in [0.1, 0.15) is 62.3 Å². The van der Waals surface area contributed by atoms with E-state index in [9.17, 15) is 14.4 Å². The van der Waals surface area contributed by atoms with Crippen molar-refractivity contribution in [2.45, 2.75) is 23.2 Å². The summed E-state index contributed by atoms with van der Waals surface area (Å²) in [5.74, 6) is -4.82. The van der Waals surface area contributed by atoms with Crippen molar-refractivity contribution in [2.75, 3.05) is 4.90 Å². The first-order valence-corrected chi connectivity index (χ1v) is 18.7. The summed E-state index contributed by atoms with van der Waals surface area (Å²) in [6, 6.07) is 45.7. The maximum absolute atomic E-state index is 15.2. The first kappa shape index (κ1) is 30.0. The van der Waals surface area contributed by atoms with Gasteiger partial charge in [-0.15, -0.1) is 0 Å². The summed E-state index contributed by atoms with van der Waals surface area (Å²) in [6.45, 7) is 0. The molecule has 14 rings (SSSR count). The molecule has 2 fully saturated rings. The van der Waals surface area contributed by atoms with Gasteiger partial charge >= 0.3 is 0 Å². The second-order valence-corrected chi connectivity index (χ2v) is 15.5. The lowest BCUT2D eigenvalue weighted by Gasteiger charge is -2.52. The van der Waals surface area contributed by atoms with Gasteiger partial charge in [0, 0.05) is 29.4 Å². The Kier molecular flexibility index (Phi) is 5.76. The van der Waals surface area contributed by atoms with Gasteiger partial charge in [0.15, 0.2) is 0 Å². The molecule has 54 heavy (non-hydrogen) atoms. The average Bonchev–Trinajstić information content (AvgIpc) is 3.64. The highest BCUT2D eigenvalue weighted by Crippen LogP contribution is 2.65. The van der Waals surface area contributed by atoms with Crippen LogP contribution in [0.3, 0.4) is 0 Å². The van der Waals surface area contributed by atoms with Crippen LogP contribution in [-0.4, -0.2) is 34.9 Å². The summed E-state index contributed by atoms with van der Waals surface area (Å²) in [7, 11) is 0. The van der Waals surface area contributed by atoms with E-state index in [1.807, 2.05) is 115 Å². The number of rotatable bonds is 3. The van der Waals surface area contributed by atoms with E-state index >= 15 is 4.79 Å². The number of nitrogens with zero attached hydrogens (tertiary/aromatic N) is 3. The SMILES string of the molecule is O=C1[C@@H]2C3c4ccccc4C(c4ccccc43)[C@@H]2C(=O)N1/N=C\C12c3ccccc3C(c3ccccc31)[C@H]1C(=O)N(c3cccc4ccccc34)C(=O)[C@@H]12. The molecule has 4 atom stereocenters. The fourth-order valence-electron chi connectivity index (χ4n) is 11.6. The minimum Gasteiger partial charge on any atom is -0.274 e. The first-order valence-electron chi connectivity index (χ1n) is 18.7. The number of imide groups is 2. The Labute approximate surface area is 310 Å². The van der Waals surface area contributed by atoms with Crippen molar-refractivity contribution in [3.05, 3.63) is 184 Å². The van der Waals surface area contributed by atoms with Gasteiger partial charge in [-0.25, -0.2) is 4.90 Å². The highest BCUT2D eigenvalue weighted by atomic mass is 16.2. The molecule has 4 amide bonds. The Morgan fingerprint density at radius 3 is 1.50 bits per heavy atom. The molecular weight excluding hydrogens is 671 g/mol. The fourth-order valence-corrected chi connectivity index (χ4v) is 11.6. The minimum atomic E-state index is -1.22. The van der Waals surface area contributed by atoms with E-state index in [-0.39, 0.29) is 41.4 Å². The molecule has 0 spiro atoms. The van der Waals surface area contributed by atoms with Gasteiger partial charge in [0.25, 0.3) is 11.8 Å². The molecule has 0 aromatic heterocycles. The number of hydrogen-bond donors (Lipinski definition) is 0. The number of anilines is 1. The third-order valence-corrected chi connectivity index (χ3v) is 13.5. The van der Waals surface area contributed by atoms with Crippen LogP contribution in [0.25, 0.3) is 10.8 Å². The van der Waals surface area contributed by atoms with Gasteiger partial charge in [-0.1, -0.05) is 133 Å². The lowest BCUT2D eigenvalue weighted by Crippen LogP contribution is -2.55. The zero-order valence-electron chi connectivity index (χ0n) is 28.9. The average molecular weight is 702 g/mol. The van der Waals surface area contributed by atoms with Gasteiger partial charge in [0.1, 0.15) is 0 Å². The van der Waals surface area contributed by atoms with E-state index in [4.69, 9.17) is 5.10 Å². The third kappa shape index (κ3) is 3.42. The second kappa shape index (κ2) is 10.4. The predicted molar refractivity (Wildman–Crippen MR) is 203 cm³/mol. The summed E-state index contributed by atoms with van der Waals surface area (Å²) in [5.41, 5.74) is 7.36. The van der Waals surface area contributed by atoms with Crippen LogP contribution in [0.4, 0.5) is 5.69 Å². The summed E-state index contributed by atoms with van der Waals surface area (Å²) in [5, 5.41) is 7.76. The largest absolute Gasteiger partial charge is 0.274 e. The van der Waals surface area contributed by atoms with Crippen molar-refractivity contribution < 1.29 is 19.2 Å². The molecule has 6 aromatic rings. The van der Waals surface area contributed by atoms with Gasteiger partial charge in [0.05, 0.1) is 34.8 Å². The molecule has 6 aromatic carbocycles. The van der Waals surface area contributed by atoms with Crippen LogP contribution in [0.5, 0.6) is 0 Å². The van der Waals surface area contributed by atoms with Crippen LogP contribution in [0, 0.1) is 23.7 Å². The van der Waals surface area contributed by atoms with E-state index in [0.29, 0.717) is 5.69 Å². The van der Waals surface area contributed by atoms with Gasteiger partial charge < -0.3 is 0 Å². The maximum Gasteiger partial charge on any atom is 0.254 e. The smallest absolute Gasteiger partial charge is 0.254 e. The molecule has 2 aliphatic heterocycles. The van der Waals surface area contributed by atoms with Crippen LogP contribution in [0.15, 0.2) is 145 Å². The molecule has 0 N–H and O–H groups in total. The molecule has 258 valence electrons. The molecule has 0 unspecified atom stereocenters. The minimum absolute atomic E-state index is 0.250. The number of amides is 4. The molecule has 0 saturated carbocycles. The predicted octanol–water partition coefficient (Wildman–Crippen LogP) is 7.27. The van der Waals surface area contributed by atoms with Crippen LogP contribution >= 0.6 is 0 Å². The molecule has 7 nitrogen and oxygen atoms in total. The van der Waals surface area contributed by atoms with E-state index < -0.39 is 29.1 Å². The van der Waals surface area contributed by atoms with Crippen molar-refractivity contribution in [1.82, 2.24) is 5.01 Å². The van der Waals surface area contributed by atoms with Crippen LogP contribution < -0.4 is 4.90 Å². The Morgan fingerprint density at radius 1 is 0.463 bits per heavy atom. The first-order chi connectivity index (χ1) is 26.5. The van der Waals surface area contributed by atoms with Crippen LogP contribution in [-0.2, 0) is 24.6 Å². The normalized spacial score (nSPS) is 29.4.